The number of benzene rings is 1. The third kappa shape index (κ3) is 2.32. The highest BCUT2D eigenvalue weighted by atomic mass is 79.9. The molecule has 3 rings (SSSR count). The number of piperidine rings is 1. The summed E-state index contributed by atoms with van der Waals surface area (Å²) in [4.78, 5) is 12.9. The second-order valence-electron chi connectivity index (χ2n) is 7.32. The fourth-order valence-corrected chi connectivity index (χ4v) is 4.64. The SMILES string of the molecule is CC1(C)[C@@H]2Cc3ccc(Br)cc3[C@]1(C)CCN2C(=O)C(F)(F)F. The number of likely N-dealkylation sites (tertiary alicyclic amines) is 1. The summed E-state index contributed by atoms with van der Waals surface area (Å²) in [5, 5.41) is 0. The van der Waals surface area contributed by atoms with Gasteiger partial charge in [0.15, 0.2) is 0 Å². The van der Waals surface area contributed by atoms with Crippen LogP contribution in [0.4, 0.5) is 13.2 Å². The van der Waals surface area contributed by atoms with Crippen LogP contribution in [0.5, 0.6) is 0 Å². The fraction of sp³-hybridized carbons (Fsp3) is 0.588. The Kier molecular flexibility index (Phi) is 3.64. The van der Waals surface area contributed by atoms with E-state index in [2.05, 4.69) is 28.9 Å². The Morgan fingerprint density at radius 3 is 2.57 bits per heavy atom. The zero-order valence-corrected chi connectivity index (χ0v) is 14.9. The lowest BCUT2D eigenvalue weighted by Crippen LogP contribution is -2.66. The monoisotopic (exact) mass is 389 g/mol. The van der Waals surface area contributed by atoms with Crippen molar-refractivity contribution >= 4 is 21.8 Å². The second-order valence-corrected chi connectivity index (χ2v) is 8.24. The van der Waals surface area contributed by atoms with Crippen LogP contribution in [0.3, 0.4) is 0 Å². The number of fused-ring (bicyclic) bond motifs is 4. The van der Waals surface area contributed by atoms with Crippen LogP contribution in [-0.2, 0) is 16.6 Å². The maximum atomic E-state index is 13.0. The molecule has 2 nitrogen and oxygen atoms in total. The topological polar surface area (TPSA) is 20.3 Å². The Hall–Kier alpha value is -1.04. The summed E-state index contributed by atoms with van der Waals surface area (Å²) in [6.07, 6.45) is -3.82. The van der Waals surface area contributed by atoms with Gasteiger partial charge in [-0.05, 0) is 41.5 Å². The Bertz CT molecular complexity index is 670. The van der Waals surface area contributed by atoms with Crippen molar-refractivity contribution in [3.05, 3.63) is 33.8 Å². The highest BCUT2D eigenvalue weighted by Gasteiger charge is 2.59. The first-order valence-corrected chi connectivity index (χ1v) is 8.44. The van der Waals surface area contributed by atoms with Crippen molar-refractivity contribution in [1.82, 2.24) is 4.90 Å². The van der Waals surface area contributed by atoms with Gasteiger partial charge in [-0.1, -0.05) is 42.8 Å². The number of carbonyl (C=O) groups excluding carboxylic acids is 1. The second kappa shape index (κ2) is 4.98. The molecule has 2 atom stereocenters. The molecule has 0 unspecified atom stereocenters. The van der Waals surface area contributed by atoms with Gasteiger partial charge in [0.1, 0.15) is 0 Å². The number of carbonyl (C=O) groups is 1. The molecule has 6 heteroatoms. The van der Waals surface area contributed by atoms with Gasteiger partial charge >= 0.3 is 12.1 Å². The van der Waals surface area contributed by atoms with Crippen LogP contribution in [-0.4, -0.2) is 29.6 Å². The Morgan fingerprint density at radius 1 is 1.30 bits per heavy atom. The van der Waals surface area contributed by atoms with Crippen LogP contribution in [0, 0.1) is 5.41 Å². The predicted molar refractivity (Wildman–Crippen MR) is 85.2 cm³/mol. The molecular formula is C17H19BrF3NO. The number of amides is 1. The van der Waals surface area contributed by atoms with Crippen LogP contribution in [0.25, 0.3) is 0 Å². The minimum atomic E-state index is -4.82. The first-order chi connectivity index (χ1) is 10.5. The molecule has 1 aromatic rings. The van der Waals surface area contributed by atoms with E-state index in [1.165, 1.54) is 5.56 Å². The Morgan fingerprint density at radius 2 is 1.96 bits per heavy atom. The summed E-state index contributed by atoms with van der Waals surface area (Å²) >= 11 is 3.49. The summed E-state index contributed by atoms with van der Waals surface area (Å²) in [6.45, 7) is 6.23. The van der Waals surface area contributed by atoms with Crippen molar-refractivity contribution in [2.24, 2.45) is 5.41 Å². The largest absolute Gasteiger partial charge is 0.471 e. The van der Waals surface area contributed by atoms with Crippen molar-refractivity contribution in [2.45, 2.75) is 51.2 Å². The molecule has 0 N–H and O–H groups in total. The quantitative estimate of drug-likeness (QED) is 0.641. The molecular weight excluding hydrogens is 371 g/mol. The van der Waals surface area contributed by atoms with Gasteiger partial charge in [0.05, 0.1) is 0 Å². The zero-order valence-electron chi connectivity index (χ0n) is 13.3. The van der Waals surface area contributed by atoms with Gasteiger partial charge < -0.3 is 4.90 Å². The number of hydrogen-bond donors (Lipinski definition) is 0. The summed E-state index contributed by atoms with van der Waals surface area (Å²) in [7, 11) is 0. The Labute approximate surface area is 142 Å². The van der Waals surface area contributed by atoms with Crippen molar-refractivity contribution in [2.75, 3.05) is 6.54 Å². The normalized spacial score (nSPS) is 29.2. The minimum absolute atomic E-state index is 0.148. The summed E-state index contributed by atoms with van der Waals surface area (Å²) in [5.74, 6) is -1.71. The van der Waals surface area contributed by atoms with Crippen LogP contribution in [0.15, 0.2) is 22.7 Å². The van der Waals surface area contributed by atoms with Crippen molar-refractivity contribution in [3.63, 3.8) is 0 Å². The van der Waals surface area contributed by atoms with E-state index in [1.54, 1.807) is 0 Å². The van der Waals surface area contributed by atoms with Crippen molar-refractivity contribution in [3.8, 4) is 0 Å². The van der Waals surface area contributed by atoms with Gasteiger partial charge in [0.25, 0.3) is 0 Å². The predicted octanol–water partition coefficient (Wildman–Crippen LogP) is 4.45. The van der Waals surface area contributed by atoms with E-state index in [9.17, 15) is 18.0 Å². The number of hydrogen-bond acceptors (Lipinski definition) is 1. The van der Waals surface area contributed by atoms with Gasteiger partial charge in [-0.2, -0.15) is 13.2 Å². The van der Waals surface area contributed by atoms with Gasteiger partial charge in [0.2, 0.25) is 0 Å². The molecule has 1 amide bonds. The maximum absolute atomic E-state index is 13.0. The third-order valence-corrected chi connectivity index (χ3v) is 6.56. The minimum Gasteiger partial charge on any atom is -0.331 e. The average Bonchev–Trinajstić information content (AvgIpc) is 2.42. The van der Waals surface area contributed by atoms with Crippen LogP contribution >= 0.6 is 15.9 Å². The van der Waals surface area contributed by atoms with E-state index in [0.717, 1.165) is 14.9 Å². The third-order valence-electron chi connectivity index (χ3n) is 6.07. The number of rotatable bonds is 0. The molecule has 1 fully saturated rings. The molecule has 0 aromatic heterocycles. The van der Waals surface area contributed by atoms with E-state index in [-0.39, 0.29) is 12.0 Å². The van der Waals surface area contributed by atoms with E-state index in [1.807, 2.05) is 26.0 Å². The molecule has 0 radical (unpaired) electrons. The molecule has 1 aromatic carbocycles. The summed E-state index contributed by atoms with van der Waals surface area (Å²) < 4.78 is 39.8. The van der Waals surface area contributed by atoms with Gasteiger partial charge in [-0.25, -0.2) is 0 Å². The Balaban J connectivity index is 2.11. The lowest BCUT2D eigenvalue weighted by molar-refractivity contribution is -0.195. The van der Waals surface area contributed by atoms with Crippen LogP contribution in [0.2, 0.25) is 0 Å². The number of nitrogens with zero attached hydrogens (tertiary/aromatic N) is 1. The molecule has 23 heavy (non-hydrogen) atoms. The molecule has 0 saturated carbocycles. The van der Waals surface area contributed by atoms with Crippen molar-refractivity contribution < 1.29 is 18.0 Å². The fourth-order valence-electron chi connectivity index (χ4n) is 4.28. The molecule has 1 heterocycles. The molecule has 0 spiro atoms. The molecule has 1 aliphatic carbocycles. The van der Waals surface area contributed by atoms with E-state index >= 15 is 0 Å². The van der Waals surface area contributed by atoms with Gasteiger partial charge in [0, 0.05) is 22.5 Å². The van der Waals surface area contributed by atoms with Gasteiger partial charge in [-0.3, -0.25) is 4.79 Å². The smallest absolute Gasteiger partial charge is 0.331 e. The summed E-state index contributed by atoms with van der Waals surface area (Å²) in [5.41, 5.74) is 1.55. The lowest BCUT2D eigenvalue weighted by atomic mass is 9.51. The molecule has 2 bridgehead atoms. The molecule has 1 aliphatic heterocycles. The first kappa shape index (κ1) is 16.8. The van der Waals surface area contributed by atoms with Crippen LogP contribution < -0.4 is 0 Å². The van der Waals surface area contributed by atoms with E-state index in [0.29, 0.717) is 12.8 Å². The number of alkyl halides is 3. The zero-order chi connectivity index (χ0) is 17.2. The lowest BCUT2D eigenvalue weighted by Gasteiger charge is -2.60. The highest BCUT2D eigenvalue weighted by Crippen LogP contribution is 2.56. The number of halogens is 4. The van der Waals surface area contributed by atoms with Gasteiger partial charge in [-0.15, -0.1) is 0 Å². The average molecular weight is 390 g/mol. The van der Waals surface area contributed by atoms with Crippen LogP contribution in [0.1, 0.15) is 38.3 Å². The first-order valence-electron chi connectivity index (χ1n) is 7.65. The molecule has 2 aliphatic rings. The van der Waals surface area contributed by atoms with E-state index in [4.69, 9.17) is 0 Å². The van der Waals surface area contributed by atoms with E-state index < -0.39 is 23.5 Å². The highest BCUT2D eigenvalue weighted by molar-refractivity contribution is 9.10. The molecule has 126 valence electrons. The summed E-state index contributed by atoms with van der Waals surface area (Å²) in [6, 6.07) is 5.51. The maximum Gasteiger partial charge on any atom is 0.471 e. The molecule has 1 saturated heterocycles. The standard InChI is InChI=1S/C17H19BrF3NO/c1-15(2)13-8-10-4-5-11(18)9-12(10)16(15,3)6-7-22(13)14(23)17(19,20)21/h4-5,9,13H,6-8H2,1-3H3/t13-,16-/m0/s1. The van der Waals surface area contributed by atoms with Crippen molar-refractivity contribution in [1.29, 1.82) is 0 Å².